The molecule has 1 aliphatic carbocycles. The molecule has 1 aliphatic rings. The van der Waals surface area contributed by atoms with Crippen LogP contribution in [0.1, 0.15) is 25.0 Å². The second-order valence-electron chi connectivity index (χ2n) is 14.9. The molecule has 54 heavy (non-hydrogen) atoms. The van der Waals surface area contributed by atoms with Gasteiger partial charge in [-0.2, -0.15) is 0 Å². The first-order chi connectivity index (χ1) is 26.5. The van der Waals surface area contributed by atoms with Gasteiger partial charge in [0, 0.05) is 32.9 Å². The van der Waals surface area contributed by atoms with Gasteiger partial charge in [-0.1, -0.05) is 147 Å². The Morgan fingerprint density at radius 2 is 1.04 bits per heavy atom. The van der Waals surface area contributed by atoms with E-state index in [2.05, 4.69) is 153 Å². The number of furan rings is 1. The Kier molecular flexibility index (Phi) is 6.60. The molecule has 2 heterocycles. The summed E-state index contributed by atoms with van der Waals surface area (Å²) < 4.78 is 6.16. The largest absolute Gasteiger partial charge is 0.456 e. The Hall–Kier alpha value is -6.84. The van der Waals surface area contributed by atoms with Crippen LogP contribution >= 0.6 is 0 Å². The van der Waals surface area contributed by atoms with Crippen molar-refractivity contribution in [2.24, 2.45) is 0 Å². The lowest BCUT2D eigenvalue weighted by atomic mass is 9.79. The van der Waals surface area contributed by atoms with E-state index < -0.39 is 0 Å². The quantitative estimate of drug-likeness (QED) is 0.184. The molecule has 0 N–H and O–H groups in total. The maximum absolute atomic E-state index is 6.16. The molecular weight excluding hydrogens is 657 g/mol. The Morgan fingerprint density at radius 1 is 0.407 bits per heavy atom. The van der Waals surface area contributed by atoms with Crippen LogP contribution in [0, 0.1) is 0 Å². The van der Waals surface area contributed by atoms with E-state index in [0.717, 1.165) is 55.4 Å². The fourth-order valence-electron chi connectivity index (χ4n) is 8.88. The second-order valence-corrected chi connectivity index (χ2v) is 14.9. The molecule has 0 fully saturated rings. The van der Waals surface area contributed by atoms with Gasteiger partial charge in [0.2, 0.25) is 0 Å². The SMILES string of the molecule is CC1(C)c2cc(-c3ccc(-c4cc(-c5ccc6oc7ccccc7c6c5)nc(-c5ccccc5)n4)c4ccccc34)ccc2-c2ccc3ccccc3c21. The lowest BCUT2D eigenvalue weighted by Gasteiger charge is -2.24. The van der Waals surface area contributed by atoms with E-state index in [0.29, 0.717) is 5.82 Å². The number of rotatable bonds is 4. The zero-order chi connectivity index (χ0) is 36.0. The first-order valence-electron chi connectivity index (χ1n) is 18.6. The molecule has 0 saturated carbocycles. The Labute approximate surface area is 313 Å². The molecule has 2 aromatic heterocycles. The standard InChI is InChI=1S/C51H34N2O/c1-51(2)44-29-33(21-23-39(44)42-24-20-31-12-6-7-15-36(31)49(42)51)35-25-26-40(38-17-9-8-16-37(35)38)46-30-45(52-50(53-46)32-13-4-3-5-14-32)34-22-27-48-43(28-34)41-18-10-11-19-47(41)54-48/h3-30H,1-2H3. The van der Waals surface area contributed by atoms with Gasteiger partial charge in [0.15, 0.2) is 5.82 Å². The number of para-hydroxylation sites is 1. The average molecular weight is 691 g/mol. The number of aromatic nitrogens is 2. The van der Waals surface area contributed by atoms with Crippen LogP contribution in [0.15, 0.2) is 174 Å². The van der Waals surface area contributed by atoms with Gasteiger partial charge in [-0.05, 0) is 91.3 Å². The summed E-state index contributed by atoms with van der Waals surface area (Å²) in [7, 11) is 0. The third-order valence-electron chi connectivity index (χ3n) is 11.5. The number of benzene rings is 8. The molecule has 254 valence electrons. The van der Waals surface area contributed by atoms with Gasteiger partial charge >= 0.3 is 0 Å². The summed E-state index contributed by atoms with van der Waals surface area (Å²) in [5.41, 5.74) is 14.3. The summed E-state index contributed by atoms with van der Waals surface area (Å²) in [4.78, 5) is 10.4. The molecule has 0 saturated heterocycles. The van der Waals surface area contributed by atoms with Crippen molar-refractivity contribution in [2.75, 3.05) is 0 Å². The Morgan fingerprint density at radius 3 is 1.89 bits per heavy atom. The number of nitrogens with zero attached hydrogens (tertiary/aromatic N) is 2. The number of hydrogen-bond donors (Lipinski definition) is 0. The van der Waals surface area contributed by atoms with Gasteiger partial charge < -0.3 is 4.42 Å². The molecule has 0 spiro atoms. The molecule has 3 nitrogen and oxygen atoms in total. The van der Waals surface area contributed by atoms with Gasteiger partial charge in [0.1, 0.15) is 11.2 Å². The van der Waals surface area contributed by atoms with E-state index in [1.54, 1.807) is 0 Å². The van der Waals surface area contributed by atoms with Crippen molar-refractivity contribution in [3.63, 3.8) is 0 Å². The molecule has 0 bridgehead atoms. The predicted octanol–water partition coefficient (Wildman–Crippen LogP) is 13.7. The minimum absolute atomic E-state index is 0.131. The van der Waals surface area contributed by atoms with E-state index in [1.807, 2.05) is 30.3 Å². The molecule has 10 aromatic rings. The van der Waals surface area contributed by atoms with Gasteiger partial charge in [0.25, 0.3) is 0 Å². The first kappa shape index (κ1) is 30.8. The Bertz CT molecular complexity index is 3130. The third-order valence-corrected chi connectivity index (χ3v) is 11.5. The molecule has 0 aliphatic heterocycles. The topological polar surface area (TPSA) is 38.9 Å². The van der Waals surface area contributed by atoms with E-state index in [-0.39, 0.29) is 5.41 Å². The maximum atomic E-state index is 6.16. The molecule has 3 heteroatoms. The molecule has 0 radical (unpaired) electrons. The van der Waals surface area contributed by atoms with Crippen LogP contribution in [0.4, 0.5) is 0 Å². The zero-order valence-electron chi connectivity index (χ0n) is 30.0. The van der Waals surface area contributed by atoms with Crippen molar-refractivity contribution < 1.29 is 4.42 Å². The summed E-state index contributed by atoms with van der Waals surface area (Å²) in [5, 5.41) is 7.15. The van der Waals surface area contributed by atoms with Crippen LogP contribution in [-0.2, 0) is 5.41 Å². The third kappa shape index (κ3) is 4.61. The fourth-order valence-corrected chi connectivity index (χ4v) is 8.88. The highest BCUT2D eigenvalue weighted by Crippen LogP contribution is 2.52. The van der Waals surface area contributed by atoms with Crippen molar-refractivity contribution >= 4 is 43.5 Å². The van der Waals surface area contributed by atoms with Crippen LogP contribution in [0.3, 0.4) is 0 Å². The van der Waals surface area contributed by atoms with E-state index in [4.69, 9.17) is 14.4 Å². The van der Waals surface area contributed by atoms with Crippen LogP contribution in [0.25, 0.3) is 99.6 Å². The number of hydrogen-bond acceptors (Lipinski definition) is 3. The molecular formula is C51H34N2O. The molecule has 0 unspecified atom stereocenters. The maximum Gasteiger partial charge on any atom is 0.160 e. The van der Waals surface area contributed by atoms with Crippen molar-refractivity contribution in [1.82, 2.24) is 9.97 Å². The Balaban J connectivity index is 1.07. The molecule has 0 amide bonds. The van der Waals surface area contributed by atoms with Crippen molar-refractivity contribution in [3.8, 4) is 56.2 Å². The molecule has 0 atom stereocenters. The van der Waals surface area contributed by atoms with Gasteiger partial charge in [-0.25, -0.2) is 9.97 Å². The average Bonchev–Trinajstić information content (AvgIpc) is 3.71. The van der Waals surface area contributed by atoms with Crippen molar-refractivity contribution in [1.29, 1.82) is 0 Å². The number of fused-ring (bicyclic) bond motifs is 9. The summed E-state index contributed by atoms with van der Waals surface area (Å²) in [6.07, 6.45) is 0. The monoisotopic (exact) mass is 690 g/mol. The fraction of sp³-hybridized carbons (Fsp3) is 0.0588. The van der Waals surface area contributed by atoms with Gasteiger partial charge in [-0.15, -0.1) is 0 Å². The van der Waals surface area contributed by atoms with Crippen LogP contribution < -0.4 is 0 Å². The minimum atomic E-state index is -0.131. The summed E-state index contributed by atoms with van der Waals surface area (Å²) in [6, 6.07) is 60.6. The van der Waals surface area contributed by atoms with Gasteiger partial charge in [0.05, 0.1) is 11.4 Å². The predicted molar refractivity (Wildman–Crippen MR) is 224 cm³/mol. The first-order valence-corrected chi connectivity index (χ1v) is 18.6. The smallest absolute Gasteiger partial charge is 0.160 e. The van der Waals surface area contributed by atoms with Crippen molar-refractivity contribution in [3.05, 3.63) is 181 Å². The van der Waals surface area contributed by atoms with Gasteiger partial charge in [-0.3, -0.25) is 0 Å². The lowest BCUT2D eigenvalue weighted by Crippen LogP contribution is -2.15. The zero-order valence-corrected chi connectivity index (χ0v) is 30.0. The molecule has 8 aromatic carbocycles. The lowest BCUT2D eigenvalue weighted by molar-refractivity contribution is 0.666. The van der Waals surface area contributed by atoms with E-state index in [9.17, 15) is 0 Å². The summed E-state index contributed by atoms with van der Waals surface area (Å²) >= 11 is 0. The van der Waals surface area contributed by atoms with Crippen LogP contribution in [0.5, 0.6) is 0 Å². The van der Waals surface area contributed by atoms with E-state index in [1.165, 1.54) is 49.5 Å². The highest BCUT2D eigenvalue weighted by Gasteiger charge is 2.37. The minimum Gasteiger partial charge on any atom is -0.456 e. The summed E-state index contributed by atoms with van der Waals surface area (Å²) in [5.74, 6) is 0.696. The van der Waals surface area contributed by atoms with Crippen LogP contribution in [0.2, 0.25) is 0 Å². The van der Waals surface area contributed by atoms with E-state index >= 15 is 0 Å². The van der Waals surface area contributed by atoms with Crippen LogP contribution in [-0.4, -0.2) is 9.97 Å². The molecule has 11 rings (SSSR count). The second kappa shape index (κ2) is 11.6. The van der Waals surface area contributed by atoms with Crippen molar-refractivity contribution in [2.45, 2.75) is 19.3 Å². The normalized spacial score (nSPS) is 13.1. The highest BCUT2D eigenvalue weighted by molar-refractivity contribution is 6.07. The highest BCUT2D eigenvalue weighted by atomic mass is 16.3. The summed E-state index contributed by atoms with van der Waals surface area (Å²) in [6.45, 7) is 4.75.